The van der Waals surface area contributed by atoms with Crippen molar-refractivity contribution in [3.05, 3.63) is 29.8 Å². The van der Waals surface area contributed by atoms with Crippen LogP contribution in [0.2, 0.25) is 0 Å². The highest BCUT2D eigenvalue weighted by Gasteiger charge is 2.54. The van der Waals surface area contributed by atoms with Gasteiger partial charge in [-0.1, -0.05) is 17.7 Å². The molecule has 4 aliphatic rings. The Balaban J connectivity index is 1.58. The van der Waals surface area contributed by atoms with Gasteiger partial charge >= 0.3 is 0 Å². The Morgan fingerprint density at radius 2 is 1.62 bits per heavy atom. The minimum Gasteiger partial charge on any atom is -0.347 e. The number of hydrogen-bond acceptors (Lipinski definition) is 2. The van der Waals surface area contributed by atoms with E-state index in [4.69, 9.17) is 0 Å². The van der Waals surface area contributed by atoms with Crippen LogP contribution in [0.4, 0.5) is 0 Å². The molecule has 0 amide bonds. The van der Waals surface area contributed by atoms with E-state index < -0.39 is 10.3 Å². The molecule has 0 saturated heterocycles. The second-order valence-corrected chi connectivity index (χ2v) is 11.9. The van der Waals surface area contributed by atoms with Gasteiger partial charge in [-0.15, -0.1) is 10.3 Å². The van der Waals surface area contributed by atoms with Crippen molar-refractivity contribution in [2.24, 2.45) is 29.1 Å². The summed E-state index contributed by atoms with van der Waals surface area (Å²) in [6, 6.07) is 10.9. The first-order valence-corrected chi connectivity index (χ1v) is 11.5. The van der Waals surface area contributed by atoms with Gasteiger partial charge in [0, 0.05) is 10.6 Å². The van der Waals surface area contributed by atoms with Gasteiger partial charge in [-0.05, 0) is 87.0 Å². The standard InChI is InChI=1S/C21H29NOS/c1-15-3-5-20(6-4-15)24(2,23)14-19(13-22)21-10-16-7-17(11-21)9-18(8-16)12-21/h3-6,16-19,23H,7-12,14H2,1-2H3/t16?,17?,18?,19-,21?/m0/s1. The van der Waals surface area contributed by atoms with Crippen molar-refractivity contribution in [3.63, 3.8) is 0 Å². The van der Waals surface area contributed by atoms with Gasteiger partial charge < -0.3 is 4.55 Å². The summed E-state index contributed by atoms with van der Waals surface area (Å²) in [7, 11) is -1.90. The first-order valence-electron chi connectivity index (χ1n) is 9.35. The van der Waals surface area contributed by atoms with Crippen LogP contribution in [0.3, 0.4) is 0 Å². The Kier molecular flexibility index (Phi) is 3.97. The lowest BCUT2D eigenvalue weighted by molar-refractivity contribution is -0.0704. The molecule has 1 aromatic carbocycles. The van der Waals surface area contributed by atoms with Crippen LogP contribution in [0, 0.1) is 47.3 Å². The molecule has 4 aliphatic carbocycles. The highest BCUT2D eigenvalue weighted by molar-refractivity contribution is 8.28. The van der Waals surface area contributed by atoms with Gasteiger partial charge in [0.05, 0.1) is 12.0 Å². The van der Waals surface area contributed by atoms with Gasteiger partial charge in [0.15, 0.2) is 0 Å². The molecule has 0 aromatic heterocycles. The third kappa shape index (κ3) is 2.78. The SMILES string of the molecule is Cc1ccc(S(C)(O)C[C@H](C#N)C23CC4CC(CC(C4)C2)C3)cc1. The zero-order chi connectivity index (χ0) is 16.9. The Morgan fingerprint density at radius 1 is 1.12 bits per heavy atom. The van der Waals surface area contributed by atoms with Crippen molar-refractivity contribution >= 4 is 10.3 Å². The Morgan fingerprint density at radius 3 is 2.08 bits per heavy atom. The fraction of sp³-hybridized carbons (Fsp3) is 0.667. The summed E-state index contributed by atoms with van der Waals surface area (Å²) in [5, 5.41) is 9.99. The van der Waals surface area contributed by atoms with Crippen LogP contribution in [-0.4, -0.2) is 16.6 Å². The molecule has 1 N–H and O–H groups in total. The van der Waals surface area contributed by atoms with Crippen LogP contribution in [-0.2, 0) is 0 Å². The maximum absolute atomic E-state index is 11.2. The van der Waals surface area contributed by atoms with Gasteiger partial charge in [0.2, 0.25) is 0 Å². The average Bonchev–Trinajstić information content (AvgIpc) is 2.51. The lowest BCUT2D eigenvalue weighted by atomic mass is 9.47. The van der Waals surface area contributed by atoms with Crippen LogP contribution < -0.4 is 0 Å². The van der Waals surface area contributed by atoms with Crippen LogP contribution in [0.25, 0.3) is 0 Å². The second kappa shape index (κ2) is 5.78. The molecule has 0 heterocycles. The molecule has 5 rings (SSSR count). The number of aryl methyl sites for hydroxylation is 1. The lowest BCUT2D eigenvalue weighted by Gasteiger charge is -2.59. The lowest BCUT2D eigenvalue weighted by Crippen LogP contribution is -2.50. The Bertz CT molecular complexity index is 622. The van der Waals surface area contributed by atoms with Crippen LogP contribution >= 0.6 is 10.3 Å². The number of rotatable bonds is 4. The van der Waals surface area contributed by atoms with Crippen molar-refractivity contribution < 1.29 is 4.55 Å². The molecule has 2 atom stereocenters. The fourth-order valence-corrected chi connectivity index (χ4v) is 8.20. The van der Waals surface area contributed by atoms with Gasteiger partial charge in [0.25, 0.3) is 0 Å². The minimum atomic E-state index is -1.90. The van der Waals surface area contributed by atoms with Crippen LogP contribution in [0.1, 0.15) is 44.1 Å². The highest BCUT2D eigenvalue weighted by atomic mass is 32.3. The number of nitriles is 1. The monoisotopic (exact) mass is 343 g/mol. The first-order chi connectivity index (χ1) is 11.4. The average molecular weight is 344 g/mol. The molecular weight excluding hydrogens is 314 g/mol. The van der Waals surface area contributed by atoms with E-state index in [0.717, 1.165) is 22.6 Å². The van der Waals surface area contributed by atoms with Crippen molar-refractivity contribution in [1.29, 1.82) is 5.26 Å². The summed E-state index contributed by atoms with van der Waals surface area (Å²) < 4.78 is 11.2. The summed E-state index contributed by atoms with van der Waals surface area (Å²) >= 11 is 0. The number of hydrogen-bond donors (Lipinski definition) is 1. The predicted molar refractivity (Wildman–Crippen MR) is 100 cm³/mol. The molecule has 4 saturated carbocycles. The summed E-state index contributed by atoms with van der Waals surface area (Å²) in [6.45, 7) is 2.07. The zero-order valence-corrected chi connectivity index (χ0v) is 15.7. The molecule has 24 heavy (non-hydrogen) atoms. The van der Waals surface area contributed by atoms with Gasteiger partial charge in [0.1, 0.15) is 0 Å². The molecule has 1 aromatic rings. The van der Waals surface area contributed by atoms with Crippen molar-refractivity contribution in [3.8, 4) is 6.07 Å². The maximum Gasteiger partial charge on any atom is 0.0670 e. The topological polar surface area (TPSA) is 44.0 Å². The van der Waals surface area contributed by atoms with E-state index in [1.54, 1.807) is 0 Å². The molecule has 4 fully saturated rings. The molecule has 0 spiro atoms. The first kappa shape index (κ1) is 16.5. The van der Waals surface area contributed by atoms with E-state index in [9.17, 15) is 9.81 Å². The summed E-state index contributed by atoms with van der Waals surface area (Å²) in [5.74, 6) is 3.22. The summed E-state index contributed by atoms with van der Waals surface area (Å²) in [5.41, 5.74) is 1.41. The Labute approximate surface area is 147 Å². The number of benzene rings is 1. The second-order valence-electron chi connectivity index (χ2n) is 8.98. The van der Waals surface area contributed by atoms with Crippen molar-refractivity contribution in [2.45, 2.75) is 50.3 Å². The third-order valence-electron chi connectivity index (χ3n) is 7.00. The third-order valence-corrected chi connectivity index (χ3v) is 9.27. The molecule has 130 valence electrons. The minimum absolute atomic E-state index is 0.0113. The van der Waals surface area contributed by atoms with E-state index in [2.05, 4.69) is 37.3 Å². The van der Waals surface area contributed by atoms with Crippen LogP contribution in [0.5, 0.6) is 0 Å². The van der Waals surface area contributed by atoms with Crippen molar-refractivity contribution in [2.75, 3.05) is 12.0 Å². The zero-order valence-electron chi connectivity index (χ0n) is 14.9. The maximum atomic E-state index is 11.2. The van der Waals surface area contributed by atoms with E-state index in [1.165, 1.54) is 44.1 Å². The predicted octanol–water partition coefficient (Wildman–Crippen LogP) is 5.62. The fourth-order valence-electron chi connectivity index (χ4n) is 6.21. The van der Waals surface area contributed by atoms with Gasteiger partial charge in [-0.3, -0.25) is 0 Å². The van der Waals surface area contributed by atoms with Crippen LogP contribution in [0.15, 0.2) is 29.2 Å². The van der Waals surface area contributed by atoms with Gasteiger partial charge in [-0.2, -0.15) is 5.26 Å². The molecule has 0 aliphatic heterocycles. The molecule has 2 nitrogen and oxygen atoms in total. The largest absolute Gasteiger partial charge is 0.347 e. The number of nitrogens with zero attached hydrogens (tertiary/aromatic N) is 1. The van der Waals surface area contributed by atoms with Gasteiger partial charge in [-0.25, -0.2) is 0 Å². The van der Waals surface area contributed by atoms with E-state index >= 15 is 0 Å². The summed E-state index contributed by atoms with van der Waals surface area (Å²) in [4.78, 5) is 1.03. The molecule has 4 bridgehead atoms. The van der Waals surface area contributed by atoms with Crippen molar-refractivity contribution in [1.82, 2.24) is 0 Å². The highest BCUT2D eigenvalue weighted by Crippen LogP contribution is 2.64. The quantitative estimate of drug-likeness (QED) is 0.771. The smallest absolute Gasteiger partial charge is 0.0670 e. The Hall–Kier alpha value is -0.980. The molecule has 3 heteroatoms. The van der Waals surface area contributed by atoms with E-state index in [-0.39, 0.29) is 11.3 Å². The molecular formula is C21H29NOS. The molecule has 1 unspecified atom stereocenters. The van der Waals surface area contributed by atoms with E-state index in [1.807, 2.05) is 6.26 Å². The normalized spacial score (nSPS) is 39.0. The van der Waals surface area contributed by atoms with E-state index in [0.29, 0.717) is 5.75 Å². The summed E-state index contributed by atoms with van der Waals surface area (Å²) in [6.07, 6.45) is 9.89. The molecule has 0 radical (unpaired) electrons.